The maximum atomic E-state index is 10.8. The lowest BCUT2D eigenvalue weighted by atomic mass is 9.81. The summed E-state index contributed by atoms with van der Waals surface area (Å²) in [5.41, 5.74) is 0. The van der Waals surface area contributed by atoms with E-state index in [1.807, 2.05) is 0 Å². The van der Waals surface area contributed by atoms with E-state index >= 15 is 0 Å². The van der Waals surface area contributed by atoms with E-state index in [9.17, 15) is 9.59 Å². The van der Waals surface area contributed by atoms with Gasteiger partial charge in [-0.1, -0.05) is 6.42 Å². The second-order valence-corrected chi connectivity index (χ2v) is 4.00. The molecule has 1 rings (SSSR count). The molecule has 0 aromatic heterocycles. The van der Waals surface area contributed by atoms with Crippen LogP contribution in [0.25, 0.3) is 0 Å². The molecule has 0 aromatic carbocycles. The van der Waals surface area contributed by atoms with Gasteiger partial charge in [0.05, 0.1) is 5.92 Å². The summed E-state index contributed by atoms with van der Waals surface area (Å²) in [5.74, 6) is -0.601. The van der Waals surface area contributed by atoms with Crippen LogP contribution in [0.2, 0.25) is 0 Å². The van der Waals surface area contributed by atoms with Crippen molar-refractivity contribution in [3.05, 3.63) is 0 Å². The molecule has 2 unspecified atom stereocenters. The summed E-state index contributed by atoms with van der Waals surface area (Å²) in [4.78, 5) is 21.4. The Morgan fingerprint density at radius 2 is 2.14 bits per heavy atom. The second-order valence-electron chi connectivity index (χ2n) is 4.00. The van der Waals surface area contributed by atoms with Gasteiger partial charge in [0.1, 0.15) is 0 Å². The summed E-state index contributed by atoms with van der Waals surface area (Å²) in [6.07, 6.45) is 3.48. The van der Waals surface area contributed by atoms with Gasteiger partial charge in [-0.15, -0.1) is 0 Å². The van der Waals surface area contributed by atoms with Crippen LogP contribution in [0.3, 0.4) is 0 Å². The van der Waals surface area contributed by atoms with Crippen molar-refractivity contribution in [1.82, 2.24) is 5.32 Å². The third-order valence-corrected chi connectivity index (χ3v) is 2.77. The largest absolute Gasteiger partial charge is 0.481 e. The fourth-order valence-electron chi connectivity index (χ4n) is 1.99. The Labute approximate surface area is 83.7 Å². The van der Waals surface area contributed by atoms with Crippen LogP contribution in [0.15, 0.2) is 0 Å². The van der Waals surface area contributed by atoms with Crippen molar-refractivity contribution in [3.63, 3.8) is 0 Å². The van der Waals surface area contributed by atoms with Crippen LogP contribution in [0.5, 0.6) is 0 Å². The number of carboxylic acids is 1. The van der Waals surface area contributed by atoms with E-state index < -0.39 is 5.97 Å². The van der Waals surface area contributed by atoms with Gasteiger partial charge in [-0.25, -0.2) is 0 Å². The van der Waals surface area contributed by atoms with Crippen molar-refractivity contribution < 1.29 is 14.7 Å². The molecule has 4 heteroatoms. The standard InChI is InChI=1S/C10H17NO3/c1-7(12)11-6-8-3-2-4-9(5-8)10(13)14/h8-9H,2-6H2,1H3,(H,11,12)(H,13,14). The van der Waals surface area contributed by atoms with Crippen LogP contribution in [0.4, 0.5) is 0 Å². The summed E-state index contributed by atoms with van der Waals surface area (Å²) in [5, 5.41) is 11.6. The lowest BCUT2D eigenvalue weighted by molar-refractivity contribution is -0.143. The molecule has 1 saturated carbocycles. The SMILES string of the molecule is CC(=O)NCC1CCCC(C(=O)O)C1. The molecule has 0 bridgehead atoms. The highest BCUT2D eigenvalue weighted by molar-refractivity contribution is 5.72. The van der Waals surface area contributed by atoms with E-state index in [0.717, 1.165) is 19.3 Å². The molecule has 1 aliphatic rings. The van der Waals surface area contributed by atoms with Crippen LogP contribution >= 0.6 is 0 Å². The van der Waals surface area contributed by atoms with Gasteiger partial charge < -0.3 is 10.4 Å². The van der Waals surface area contributed by atoms with Gasteiger partial charge in [-0.3, -0.25) is 9.59 Å². The van der Waals surface area contributed by atoms with Crippen LogP contribution in [0.1, 0.15) is 32.6 Å². The first-order valence-electron chi connectivity index (χ1n) is 5.07. The molecule has 2 N–H and O–H groups in total. The van der Waals surface area contributed by atoms with Crippen molar-refractivity contribution in [1.29, 1.82) is 0 Å². The predicted molar refractivity (Wildman–Crippen MR) is 51.8 cm³/mol. The highest BCUT2D eigenvalue weighted by Crippen LogP contribution is 2.28. The van der Waals surface area contributed by atoms with Gasteiger partial charge in [-0.2, -0.15) is 0 Å². The Kier molecular flexibility index (Phi) is 3.92. The zero-order valence-electron chi connectivity index (χ0n) is 8.45. The average Bonchev–Trinajstić information content (AvgIpc) is 2.15. The van der Waals surface area contributed by atoms with Gasteiger partial charge >= 0.3 is 5.97 Å². The molecular weight excluding hydrogens is 182 g/mol. The number of carbonyl (C=O) groups excluding carboxylic acids is 1. The van der Waals surface area contributed by atoms with Gasteiger partial charge in [0.15, 0.2) is 0 Å². The van der Waals surface area contributed by atoms with Crippen LogP contribution in [-0.4, -0.2) is 23.5 Å². The Morgan fingerprint density at radius 1 is 1.43 bits per heavy atom. The van der Waals surface area contributed by atoms with E-state index in [-0.39, 0.29) is 11.8 Å². The molecular formula is C10H17NO3. The molecule has 0 radical (unpaired) electrons. The summed E-state index contributed by atoms with van der Waals surface area (Å²) in [7, 11) is 0. The molecule has 2 atom stereocenters. The third kappa shape index (κ3) is 3.36. The lowest BCUT2D eigenvalue weighted by Crippen LogP contribution is -2.32. The Bertz CT molecular complexity index is 227. The van der Waals surface area contributed by atoms with Crippen molar-refractivity contribution in [2.45, 2.75) is 32.6 Å². The number of aliphatic carboxylic acids is 1. The minimum Gasteiger partial charge on any atom is -0.481 e. The first kappa shape index (κ1) is 11.0. The molecule has 1 fully saturated rings. The van der Waals surface area contributed by atoms with E-state index in [1.54, 1.807) is 0 Å². The molecule has 4 nitrogen and oxygen atoms in total. The predicted octanol–water partition coefficient (Wildman–Crippen LogP) is 1.01. The Morgan fingerprint density at radius 3 is 2.71 bits per heavy atom. The monoisotopic (exact) mass is 199 g/mol. The fraction of sp³-hybridized carbons (Fsp3) is 0.800. The second kappa shape index (κ2) is 4.98. The van der Waals surface area contributed by atoms with Crippen LogP contribution in [0, 0.1) is 11.8 Å². The van der Waals surface area contributed by atoms with Crippen LogP contribution < -0.4 is 5.32 Å². The Balaban J connectivity index is 2.32. The number of carboxylic acid groups (broad SMARTS) is 1. The van der Waals surface area contributed by atoms with Crippen molar-refractivity contribution >= 4 is 11.9 Å². The number of rotatable bonds is 3. The third-order valence-electron chi connectivity index (χ3n) is 2.77. The van der Waals surface area contributed by atoms with Crippen molar-refractivity contribution in [2.24, 2.45) is 11.8 Å². The maximum absolute atomic E-state index is 10.8. The van der Waals surface area contributed by atoms with Gasteiger partial charge in [-0.05, 0) is 25.2 Å². The highest BCUT2D eigenvalue weighted by atomic mass is 16.4. The lowest BCUT2D eigenvalue weighted by Gasteiger charge is -2.26. The normalized spacial score (nSPS) is 26.9. The van der Waals surface area contributed by atoms with Gasteiger partial charge in [0.2, 0.25) is 5.91 Å². The molecule has 0 saturated heterocycles. The summed E-state index contributed by atoms with van der Waals surface area (Å²) < 4.78 is 0. The van der Waals surface area contributed by atoms with E-state index in [1.165, 1.54) is 6.92 Å². The topological polar surface area (TPSA) is 66.4 Å². The molecule has 14 heavy (non-hydrogen) atoms. The zero-order valence-corrected chi connectivity index (χ0v) is 8.45. The smallest absolute Gasteiger partial charge is 0.306 e. The molecule has 80 valence electrons. The summed E-state index contributed by atoms with van der Waals surface area (Å²) >= 11 is 0. The van der Waals surface area contributed by atoms with E-state index in [0.29, 0.717) is 18.9 Å². The first-order chi connectivity index (χ1) is 6.59. The van der Waals surface area contributed by atoms with Gasteiger partial charge in [0.25, 0.3) is 0 Å². The minimum absolute atomic E-state index is 0.0394. The number of amides is 1. The zero-order chi connectivity index (χ0) is 10.6. The number of nitrogens with one attached hydrogen (secondary N) is 1. The molecule has 1 amide bonds. The summed E-state index contributed by atoms with van der Waals surface area (Å²) in [6.45, 7) is 2.11. The average molecular weight is 199 g/mol. The first-order valence-corrected chi connectivity index (χ1v) is 5.07. The van der Waals surface area contributed by atoms with Crippen molar-refractivity contribution in [2.75, 3.05) is 6.54 Å². The minimum atomic E-state index is -0.697. The summed E-state index contributed by atoms with van der Waals surface area (Å²) in [6, 6.07) is 0. The maximum Gasteiger partial charge on any atom is 0.306 e. The molecule has 0 heterocycles. The number of hydrogen-bond acceptors (Lipinski definition) is 2. The highest BCUT2D eigenvalue weighted by Gasteiger charge is 2.26. The molecule has 0 aliphatic heterocycles. The molecule has 0 spiro atoms. The molecule has 0 aromatic rings. The van der Waals surface area contributed by atoms with Gasteiger partial charge in [0, 0.05) is 13.5 Å². The number of hydrogen-bond donors (Lipinski definition) is 2. The van der Waals surface area contributed by atoms with E-state index in [4.69, 9.17) is 5.11 Å². The van der Waals surface area contributed by atoms with E-state index in [2.05, 4.69) is 5.32 Å². The number of carbonyl (C=O) groups is 2. The van der Waals surface area contributed by atoms with Crippen molar-refractivity contribution in [3.8, 4) is 0 Å². The fourth-order valence-corrected chi connectivity index (χ4v) is 1.99. The molecule has 1 aliphatic carbocycles. The Hall–Kier alpha value is -1.06. The van der Waals surface area contributed by atoms with Crippen LogP contribution in [-0.2, 0) is 9.59 Å². The quantitative estimate of drug-likeness (QED) is 0.713.